The lowest BCUT2D eigenvalue weighted by atomic mass is 10.0. The molecule has 1 amide bonds. The minimum Gasteiger partial charge on any atom is -0.462 e. The van der Waals surface area contributed by atoms with Crippen LogP contribution in [0.1, 0.15) is 258 Å². The minimum atomic E-state index is -0.804. The van der Waals surface area contributed by atoms with E-state index in [2.05, 4.69) is 86.8 Å². The molecule has 0 aliphatic carbocycles. The number of allylic oxidation sites excluding steroid dienone is 10. The van der Waals surface area contributed by atoms with Crippen molar-refractivity contribution in [3.05, 3.63) is 60.8 Å². The number of ether oxygens (including phenoxy) is 1. The van der Waals surface area contributed by atoms with Gasteiger partial charge in [-0.05, 0) is 77.0 Å². The Bertz CT molecular complexity index is 1110. The van der Waals surface area contributed by atoms with Crippen LogP contribution in [0.4, 0.5) is 0 Å². The smallest absolute Gasteiger partial charge is 0.306 e. The Morgan fingerprint density at radius 1 is 0.500 bits per heavy atom. The molecule has 0 aliphatic rings. The molecule has 6 nitrogen and oxygen atoms in total. The molecule has 0 fully saturated rings. The maximum atomic E-state index is 13.2. The highest BCUT2D eigenvalue weighted by molar-refractivity contribution is 5.77. The van der Waals surface area contributed by atoms with E-state index in [1.807, 2.05) is 0 Å². The molecular weight excluding hydrogens is 767 g/mol. The molecule has 0 bridgehead atoms. The van der Waals surface area contributed by atoms with Crippen LogP contribution in [0, 0.1) is 0 Å². The Labute approximate surface area is 384 Å². The largest absolute Gasteiger partial charge is 0.462 e. The van der Waals surface area contributed by atoms with Gasteiger partial charge in [0.1, 0.15) is 6.10 Å². The van der Waals surface area contributed by atoms with E-state index < -0.39 is 18.2 Å². The van der Waals surface area contributed by atoms with Crippen LogP contribution >= 0.6 is 0 Å². The van der Waals surface area contributed by atoms with Gasteiger partial charge in [-0.3, -0.25) is 9.59 Å². The number of rotatable bonds is 47. The highest BCUT2D eigenvalue weighted by Crippen LogP contribution is 2.17. The van der Waals surface area contributed by atoms with Gasteiger partial charge < -0.3 is 20.3 Å². The van der Waals surface area contributed by atoms with Crippen molar-refractivity contribution < 1.29 is 24.5 Å². The molecule has 0 saturated heterocycles. The van der Waals surface area contributed by atoms with E-state index in [9.17, 15) is 19.8 Å². The third-order valence-corrected chi connectivity index (χ3v) is 11.9. The number of carbonyl (C=O) groups is 2. The minimum absolute atomic E-state index is 0.0347. The molecule has 6 heteroatoms. The average molecular weight is 868 g/mol. The van der Waals surface area contributed by atoms with Crippen LogP contribution in [0.3, 0.4) is 0 Å². The van der Waals surface area contributed by atoms with Gasteiger partial charge in [0.2, 0.25) is 5.91 Å². The predicted molar refractivity (Wildman–Crippen MR) is 268 cm³/mol. The predicted octanol–water partition coefficient (Wildman–Crippen LogP) is 16.0. The van der Waals surface area contributed by atoms with Gasteiger partial charge in [-0.15, -0.1) is 0 Å². The molecule has 0 aromatic rings. The summed E-state index contributed by atoms with van der Waals surface area (Å²) in [4.78, 5) is 26.1. The van der Waals surface area contributed by atoms with Crippen LogP contribution in [0.15, 0.2) is 60.8 Å². The molecule has 62 heavy (non-hydrogen) atoms. The second kappa shape index (κ2) is 49.6. The third kappa shape index (κ3) is 44.2. The van der Waals surface area contributed by atoms with Crippen molar-refractivity contribution in [1.82, 2.24) is 5.32 Å². The zero-order valence-corrected chi connectivity index (χ0v) is 41.0. The summed E-state index contributed by atoms with van der Waals surface area (Å²) in [5.74, 6) is -0.544. The van der Waals surface area contributed by atoms with Gasteiger partial charge in [-0.25, -0.2) is 0 Å². The third-order valence-electron chi connectivity index (χ3n) is 11.9. The Morgan fingerprint density at radius 3 is 1.45 bits per heavy atom. The molecule has 0 aliphatic heterocycles. The van der Waals surface area contributed by atoms with Gasteiger partial charge in [-0.2, -0.15) is 0 Å². The van der Waals surface area contributed by atoms with Crippen molar-refractivity contribution in [3.8, 4) is 0 Å². The maximum Gasteiger partial charge on any atom is 0.306 e. The van der Waals surface area contributed by atoms with Crippen molar-refractivity contribution in [2.45, 2.75) is 277 Å². The Hall–Kier alpha value is -2.44. The van der Waals surface area contributed by atoms with E-state index in [4.69, 9.17) is 4.74 Å². The van der Waals surface area contributed by atoms with Crippen LogP contribution in [-0.2, 0) is 14.3 Å². The summed E-state index contributed by atoms with van der Waals surface area (Å²) in [6.07, 6.45) is 61.4. The molecule has 0 rings (SSSR count). The summed E-state index contributed by atoms with van der Waals surface area (Å²) < 4.78 is 5.90. The molecule has 3 unspecified atom stereocenters. The number of esters is 1. The van der Waals surface area contributed by atoms with Gasteiger partial charge >= 0.3 is 5.97 Å². The van der Waals surface area contributed by atoms with Crippen LogP contribution in [0.25, 0.3) is 0 Å². The first-order valence-electron chi connectivity index (χ1n) is 26.5. The first-order valence-corrected chi connectivity index (χ1v) is 26.5. The SMILES string of the molecule is CC/C=C/C/C=C/C/C=C/CCCCCCC(=O)OC(CCC/C=C/C=C/CCCCCCCCC)CC(=O)NC(CO)C(O)CCCCCCCCCCCCCCCCC. The fraction of sp³-hybridized carbons (Fsp3) is 0.786. The number of nitrogens with one attached hydrogen (secondary N) is 1. The van der Waals surface area contributed by atoms with E-state index in [1.54, 1.807) is 0 Å². The normalized spacial score (nSPS) is 13.7. The van der Waals surface area contributed by atoms with E-state index in [-0.39, 0.29) is 24.9 Å². The quantitative estimate of drug-likeness (QED) is 0.0245. The molecule has 360 valence electrons. The maximum absolute atomic E-state index is 13.2. The van der Waals surface area contributed by atoms with Crippen molar-refractivity contribution in [3.63, 3.8) is 0 Å². The van der Waals surface area contributed by atoms with E-state index in [0.717, 1.165) is 89.9 Å². The zero-order valence-electron chi connectivity index (χ0n) is 41.0. The summed E-state index contributed by atoms with van der Waals surface area (Å²) in [5, 5.41) is 23.8. The number of hydrogen-bond acceptors (Lipinski definition) is 5. The molecule has 0 saturated carbocycles. The molecule has 0 aromatic heterocycles. The van der Waals surface area contributed by atoms with Gasteiger partial charge in [0.15, 0.2) is 0 Å². The molecule has 0 heterocycles. The molecule has 0 spiro atoms. The Morgan fingerprint density at radius 2 is 0.935 bits per heavy atom. The monoisotopic (exact) mass is 868 g/mol. The number of amides is 1. The summed E-state index contributed by atoms with van der Waals surface area (Å²) >= 11 is 0. The fourth-order valence-corrected chi connectivity index (χ4v) is 7.85. The second-order valence-electron chi connectivity index (χ2n) is 17.9. The topological polar surface area (TPSA) is 95.9 Å². The van der Waals surface area contributed by atoms with Gasteiger partial charge in [0.05, 0.1) is 25.2 Å². The second-order valence-corrected chi connectivity index (χ2v) is 17.9. The van der Waals surface area contributed by atoms with Gasteiger partial charge in [-0.1, -0.05) is 229 Å². The lowest BCUT2D eigenvalue weighted by molar-refractivity contribution is -0.151. The highest BCUT2D eigenvalue weighted by atomic mass is 16.5. The molecule has 0 aromatic carbocycles. The van der Waals surface area contributed by atoms with Crippen molar-refractivity contribution in [2.75, 3.05) is 6.61 Å². The highest BCUT2D eigenvalue weighted by Gasteiger charge is 2.24. The summed E-state index contributed by atoms with van der Waals surface area (Å²) in [5.41, 5.74) is 0. The number of carbonyl (C=O) groups excluding carboxylic acids is 2. The first-order chi connectivity index (χ1) is 30.5. The molecule has 3 atom stereocenters. The number of aliphatic hydroxyl groups excluding tert-OH is 2. The summed E-state index contributed by atoms with van der Waals surface area (Å²) in [6.45, 7) is 6.36. The van der Waals surface area contributed by atoms with Gasteiger partial charge in [0.25, 0.3) is 0 Å². The van der Waals surface area contributed by atoms with Crippen molar-refractivity contribution in [1.29, 1.82) is 0 Å². The van der Waals surface area contributed by atoms with Crippen LogP contribution in [0.5, 0.6) is 0 Å². The Kier molecular flexibility index (Phi) is 47.6. The lowest BCUT2D eigenvalue weighted by Crippen LogP contribution is -2.46. The van der Waals surface area contributed by atoms with Crippen LogP contribution in [0.2, 0.25) is 0 Å². The molecule has 0 radical (unpaired) electrons. The fourth-order valence-electron chi connectivity index (χ4n) is 7.85. The average Bonchev–Trinajstić information content (AvgIpc) is 3.26. The van der Waals surface area contributed by atoms with E-state index in [1.165, 1.54) is 122 Å². The number of unbranched alkanes of at least 4 members (excludes halogenated alkanes) is 26. The molecular formula is C56H101NO5. The van der Waals surface area contributed by atoms with E-state index >= 15 is 0 Å². The first kappa shape index (κ1) is 59.6. The lowest BCUT2D eigenvalue weighted by Gasteiger charge is -2.24. The number of aliphatic hydroxyl groups is 2. The van der Waals surface area contributed by atoms with Crippen LogP contribution < -0.4 is 5.32 Å². The standard InChI is InChI=1S/C56H101NO5/c1-4-7-10-13-16-19-22-25-28-30-33-36-39-42-45-48-54(59)53(51-58)57-55(60)50-52(47-44-41-38-35-32-29-26-23-20-17-14-11-8-5-2)62-56(61)49-46-43-40-37-34-31-27-24-21-18-15-12-9-6-3/h9,12,18,21,27,29,31-32,35,38,52-54,58-59H,4-8,10-11,13-17,19-20,22-26,28,30,33-34,36-37,39-51H2,1-3H3,(H,57,60)/b12-9+,21-18+,31-27+,32-29+,38-35+. The Balaban J connectivity index is 4.65. The zero-order chi connectivity index (χ0) is 45.2. The van der Waals surface area contributed by atoms with Gasteiger partial charge in [0, 0.05) is 6.42 Å². The summed E-state index contributed by atoms with van der Waals surface area (Å²) in [6, 6.07) is -0.722. The van der Waals surface area contributed by atoms with Crippen LogP contribution in [-0.4, -0.2) is 46.9 Å². The van der Waals surface area contributed by atoms with Crippen molar-refractivity contribution in [2.24, 2.45) is 0 Å². The number of hydrogen-bond donors (Lipinski definition) is 3. The van der Waals surface area contributed by atoms with E-state index in [0.29, 0.717) is 19.3 Å². The van der Waals surface area contributed by atoms with Crippen molar-refractivity contribution >= 4 is 11.9 Å². The molecule has 3 N–H and O–H groups in total. The summed E-state index contributed by atoms with van der Waals surface area (Å²) in [7, 11) is 0.